The number of thioether (sulfide) groups is 1. The average molecular weight is 256 g/mol. The predicted molar refractivity (Wildman–Crippen MR) is 69.5 cm³/mol. The standard InChI is InChI=1S/C12H14ClNOS/c13-10-3-1-9(2-4-10)12(15)7-11-8-16-6-5-14-11/h1-4,11,14H,5-8H2. The van der Waals surface area contributed by atoms with E-state index in [-0.39, 0.29) is 5.78 Å². The zero-order valence-electron chi connectivity index (χ0n) is 8.91. The summed E-state index contributed by atoms with van der Waals surface area (Å²) in [4.78, 5) is 11.9. The van der Waals surface area contributed by atoms with Gasteiger partial charge in [-0.3, -0.25) is 4.79 Å². The van der Waals surface area contributed by atoms with Crippen molar-refractivity contribution in [2.75, 3.05) is 18.1 Å². The van der Waals surface area contributed by atoms with Gasteiger partial charge in [0.25, 0.3) is 0 Å². The van der Waals surface area contributed by atoms with Gasteiger partial charge in [-0.05, 0) is 24.3 Å². The molecule has 2 nitrogen and oxygen atoms in total. The Morgan fingerprint density at radius 1 is 1.44 bits per heavy atom. The Kier molecular flexibility index (Phi) is 4.27. The van der Waals surface area contributed by atoms with Gasteiger partial charge in [0.2, 0.25) is 0 Å². The molecule has 1 fully saturated rings. The summed E-state index contributed by atoms with van der Waals surface area (Å²) >= 11 is 7.69. The maximum atomic E-state index is 11.9. The smallest absolute Gasteiger partial charge is 0.164 e. The number of hydrogen-bond acceptors (Lipinski definition) is 3. The van der Waals surface area contributed by atoms with Crippen LogP contribution >= 0.6 is 23.4 Å². The number of Topliss-reactive ketones (excluding diaryl/α,β-unsaturated/α-hetero) is 1. The van der Waals surface area contributed by atoms with Crippen molar-refractivity contribution in [3.63, 3.8) is 0 Å². The number of hydrogen-bond donors (Lipinski definition) is 1. The van der Waals surface area contributed by atoms with E-state index < -0.39 is 0 Å². The summed E-state index contributed by atoms with van der Waals surface area (Å²) in [5, 5.41) is 4.03. The number of ketones is 1. The van der Waals surface area contributed by atoms with E-state index in [1.54, 1.807) is 24.3 Å². The van der Waals surface area contributed by atoms with Gasteiger partial charge in [0.15, 0.2) is 5.78 Å². The minimum absolute atomic E-state index is 0.191. The monoisotopic (exact) mass is 255 g/mol. The molecule has 0 aliphatic carbocycles. The number of carbonyl (C=O) groups excluding carboxylic acids is 1. The Balaban J connectivity index is 1.94. The van der Waals surface area contributed by atoms with Crippen LogP contribution in [0.5, 0.6) is 0 Å². The van der Waals surface area contributed by atoms with Crippen molar-refractivity contribution in [3.8, 4) is 0 Å². The van der Waals surface area contributed by atoms with Crippen LogP contribution < -0.4 is 5.32 Å². The molecule has 16 heavy (non-hydrogen) atoms. The van der Waals surface area contributed by atoms with E-state index in [9.17, 15) is 4.79 Å². The Morgan fingerprint density at radius 3 is 2.81 bits per heavy atom. The van der Waals surface area contributed by atoms with Crippen molar-refractivity contribution < 1.29 is 4.79 Å². The predicted octanol–water partition coefficient (Wildman–Crippen LogP) is 2.62. The summed E-state index contributed by atoms with van der Waals surface area (Å²) < 4.78 is 0. The van der Waals surface area contributed by atoms with E-state index in [2.05, 4.69) is 5.32 Å². The Hall–Kier alpha value is -0.510. The zero-order valence-corrected chi connectivity index (χ0v) is 10.5. The van der Waals surface area contributed by atoms with Gasteiger partial charge in [0.05, 0.1) is 0 Å². The first-order chi connectivity index (χ1) is 7.75. The fourth-order valence-electron chi connectivity index (χ4n) is 1.73. The topological polar surface area (TPSA) is 29.1 Å². The van der Waals surface area contributed by atoms with Crippen molar-refractivity contribution in [2.45, 2.75) is 12.5 Å². The summed E-state index contributed by atoms with van der Waals surface area (Å²) in [5.74, 6) is 2.36. The molecule has 0 radical (unpaired) electrons. The molecular weight excluding hydrogens is 242 g/mol. The van der Waals surface area contributed by atoms with E-state index in [4.69, 9.17) is 11.6 Å². The molecular formula is C12H14ClNOS. The van der Waals surface area contributed by atoms with Crippen LogP contribution in [0.15, 0.2) is 24.3 Å². The van der Waals surface area contributed by atoms with Gasteiger partial charge in [-0.15, -0.1) is 0 Å². The molecule has 4 heteroatoms. The summed E-state index contributed by atoms with van der Waals surface area (Å²) in [7, 11) is 0. The second-order valence-corrected chi connectivity index (χ2v) is 5.45. The lowest BCUT2D eigenvalue weighted by atomic mass is 10.0. The highest BCUT2D eigenvalue weighted by atomic mass is 35.5. The highest BCUT2D eigenvalue weighted by Gasteiger charge is 2.17. The minimum atomic E-state index is 0.191. The molecule has 1 aliphatic heterocycles. The fourth-order valence-corrected chi connectivity index (χ4v) is 2.80. The van der Waals surface area contributed by atoms with E-state index >= 15 is 0 Å². The molecule has 0 aromatic heterocycles. The SMILES string of the molecule is O=C(CC1CSCCN1)c1ccc(Cl)cc1. The maximum Gasteiger partial charge on any atom is 0.164 e. The quantitative estimate of drug-likeness (QED) is 0.842. The number of carbonyl (C=O) groups is 1. The van der Waals surface area contributed by atoms with E-state index in [0.717, 1.165) is 23.6 Å². The highest BCUT2D eigenvalue weighted by Crippen LogP contribution is 2.15. The largest absolute Gasteiger partial charge is 0.312 e. The molecule has 0 spiro atoms. The molecule has 1 saturated heterocycles. The van der Waals surface area contributed by atoms with Crippen LogP contribution in [0.3, 0.4) is 0 Å². The third kappa shape index (κ3) is 3.24. The molecule has 1 atom stereocenters. The van der Waals surface area contributed by atoms with Crippen molar-refractivity contribution in [3.05, 3.63) is 34.9 Å². The summed E-state index contributed by atoms with van der Waals surface area (Å²) in [5.41, 5.74) is 0.752. The maximum absolute atomic E-state index is 11.9. The van der Waals surface area contributed by atoms with Gasteiger partial charge in [-0.25, -0.2) is 0 Å². The van der Waals surface area contributed by atoms with Crippen LogP contribution in [0, 0.1) is 0 Å². The van der Waals surface area contributed by atoms with Crippen molar-refractivity contribution in [2.24, 2.45) is 0 Å². The lowest BCUT2D eigenvalue weighted by Crippen LogP contribution is -2.38. The van der Waals surface area contributed by atoms with Crippen LogP contribution in [0.4, 0.5) is 0 Å². The van der Waals surface area contributed by atoms with Crippen molar-refractivity contribution in [1.29, 1.82) is 0 Å². The molecule has 0 bridgehead atoms. The number of nitrogens with one attached hydrogen (secondary N) is 1. The molecule has 1 aromatic rings. The Morgan fingerprint density at radius 2 is 2.19 bits per heavy atom. The number of rotatable bonds is 3. The van der Waals surface area contributed by atoms with Crippen LogP contribution in [0.25, 0.3) is 0 Å². The number of halogens is 1. The zero-order chi connectivity index (χ0) is 11.4. The summed E-state index contributed by atoms with van der Waals surface area (Å²) in [6.45, 7) is 1.00. The fraction of sp³-hybridized carbons (Fsp3) is 0.417. The average Bonchev–Trinajstić information content (AvgIpc) is 2.31. The van der Waals surface area contributed by atoms with Gasteiger partial charge >= 0.3 is 0 Å². The lowest BCUT2D eigenvalue weighted by Gasteiger charge is -2.22. The van der Waals surface area contributed by atoms with Gasteiger partial charge < -0.3 is 5.32 Å². The first-order valence-corrected chi connectivity index (χ1v) is 6.89. The molecule has 86 valence electrons. The molecule has 1 heterocycles. The molecule has 1 N–H and O–H groups in total. The van der Waals surface area contributed by atoms with Crippen LogP contribution in [-0.4, -0.2) is 29.9 Å². The van der Waals surface area contributed by atoms with Crippen molar-refractivity contribution >= 4 is 29.1 Å². The highest BCUT2D eigenvalue weighted by molar-refractivity contribution is 7.99. The van der Waals surface area contributed by atoms with Gasteiger partial charge in [0, 0.05) is 41.1 Å². The van der Waals surface area contributed by atoms with E-state index in [1.807, 2.05) is 11.8 Å². The molecule has 1 aliphatic rings. The second kappa shape index (κ2) is 5.71. The Bertz CT molecular complexity index is 360. The lowest BCUT2D eigenvalue weighted by molar-refractivity contribution is 0.0972. The Labute approximate surface area is 105 Å². The molecule has 2 rings (SSSR count). The van der Waals surface area contributed by atoms with Gasteiger partial charge in [0.1, 0.15) is 0 Å². The third-order valence-electron chi connectivity index (χ3n) is 2.60. The summed E-state index contributed by atoms with van der Waals surface area (Å²) in [6, 6.07) is 7.43. The minimum Gasteiger partial charge on any atom is -0.312 e. The van der Waals surface area contributed by atoms with Crippen LogP contribution in [0.2, 0.25) is 5.02 Å². The summed E-state index contributed by atoms with van der Waals surface area (Å²) in [6.07, 6.45) is 0.578. The van der Waals surface area contributed by atoms with Crippen LogP contribution in [0.1, 0.15) is 16.8 Å². The molecule has 1 unspecified atom stereocenters. The third-order valence-corrected chi connectivity index (χ3v) is 3.98. The first kappa shape index (κ1) is 12.0. The van der Waals surface area contributed by atoms with Gasteiger partial charge in [-0.2, -0.15) is 11.8 Å². The molecule has 1 aromatic carbocycles. The van der Waals surface area contributed by atoms with E-state index in [1.165, 1.54) is 0 Å². The van der Waals surface area contributed by atoms with E-state index in [0.29, 0.717) is 17.5 Å². The molecule has 0 saturated carbocycles. The first-order valence-electron chi connectivity index (χ1n) is 5.35. The van der Waals surface area contributed by atoms with Gasteiger partial charge in [-0.1, -0.05) is 11.6 Å². The number of benzene rings is 1. The second-order valence-electron chi connectivity index (χ2n) is 3.86. The van der Waals surface area contributed by atoms with Crippen molar-refractivity contribution in [1.82, 2.24) is 5.32 Å². The molecule has 0 amide bonds. The normalized spacial score (nSPS) is 20.7. The van der Waals surface area contributed by atoms with Crippen LogP contribution in [-0.2, 0) is 0 Å².